The van der Waals surface area contributed by atoms with Crippen molar-refractivity contribution in [2.24, 2.45) is 7.05 Å². The van der Waals surface area contributed by atoms with E-state index in [1.54, 1.807) is 16.8 Å². The molecule has 0 radical (unpaired) electrons. The second-order valence-electron chi connectivity index (χ2n) is 4.81. The average Bonchev–Trinajstić information content (AvgIpc) is 3.15. The largest absolute Gasteiger partial charge is 0.310 e. The molecule has 0 atom stereocenters. The van der Waals surface area contributed by atoms with Gasteiger partial charge in [-0.3, -0.25) is 0 Å². The summed E-state index contributed by atoms with van der Waals surface area (Å²) in [4.78, 5) is 0. The molecule has 1 heterocycles. The molecule has 1 aliphatic carbocycles. The highest BCUT2D eigenvalue weighted by atomic mass is 79.9. The Hall–Kier alpha value is -1.27. The molecular weight excluding hydrogens is 311 g/mol. The molecule has 1 saturated carbocycles. The lowest BCUT2D eigenvalue weighted by Gasteiger charge is -2.11. The fourth-order valence-electron chi connectivity index (χ4n) is 2.10. The number of rotatable bonds is 4. The van der Waals surface area contributed by atoms with E-state index in [-0.39, 0.29) is 5.82 Å². The van der Waals surface area contributed by atoms with Crippen LogP contribution in [-0.4, -0.2) is 21.0 Å². The van der Waals surface area contributed by atoms with Crippen molar-refractivity contribution in [3.8, 4) is 11.3 Å². The van der Waals surface area contributed by atoms with Crippen molar-refractivity contribution in [2.75, 3.05) is 0 Å². The summed E-state index contributed by atoms with van der Waals surface area (Å²) in [6.07, 6.45) is 2.42. The normalized spacial score (nSPS) is 14.9. The first-order valence-corrected chi connectivity index (χ1v) is 7.02. The van der Waals surface area contributed by atoms with Gasteiger partial charge in [-0.15, -0.1) is 5.10 Å². The molecule has 1 aromatic carbocycles. The number of hydrogen-bond acceptors (Lipinski definition) is 3. The van der Waals surface area contributed by atoms with Crippen LogP contribution in [0.4, 0.5) is 4.39 Å². The third kappa shape index (κ3) is 2.69. The predicted molar refractivity (Wildman–Crippen MR) is 74.0 cm³/mol. The molecule has 1 aliphatic rings. The maximum absolute atomic E-state index is 13.5. The van der Waals surface area contributed by atoms with Gasteiger partial charge in [-0.2, -0.15) is 0 Å². The standard InChI is InChI=1S/C13H14BrFN4/c1-19-12(13(14)17-18-19)11-5-2-9(15)6-8(11)7-16-10-3-4-10/h2,5-6,10,16H,3-4,7H2,1H3. The second kappa shape index (κ2) is 5.02. The Morgan fingerprint density at radius 1 is 1.47 bits per heavy atom. The highest BCUT2D eigenvalue weighted by molar-refractivity contribution is 9.10. The minimum atomic E-state index is -0.220. The Balaban J connectivity index is 1.99. The van der Waals surface area contributed by atoms with E-state index in [1.165, 1.54) is 18.9 Å². The third-order valence-electron chi connectivity index (χ3n) is 3.27. The minimum absolute atomic E-state index is 0.220. The molecule has 2 aromatic rings. The molecule has 1 fully saturated rings. The van der Waals surface area contributed by atoms with Crippen LogP contribution in [0.2, 0.25) is 0 Å². The van der Waals surface area contributed by atoms with Crippen LogP contribution in [-0.2, 0) is 13.6 Å². The fraction of sp³-hybridized carbons (Fsp3) is 0.385. The predicted octanol–water partition coefficient (Wildman–Crippen LogP) is 2.64. The summed E-state index contributed by atoms with van der Waals surface area (Å²) in [6, 6.07) is 5.41. The van der Waals surface area contributed by atoms with E-state index < -0.39 is 0 Å². The van der Waals surface area contributed by atoms with Gasteiger partial charge in [0.05, 0.1) is 0 Å². The molecule has 1 aromatic heterocycles. The maximum Gasteiger partial charge on any atom is 0.156 e. The molecule has 0 aliphatic heterocycles. The number of benzene rings is 1. The van der Waals surface area contributed by atoms with Crippen LogP contribution in [0.15, 0.2) is 22.8 Å². The zero-order chi connectivity index (χ0) is 13.4. The van der Waals surface area contributed by atoms with Gasteiger partial charge in [0.15, 0.2) is 4.60 Å². The lowest BCUT2D eigenvalue weighted by atomic mass is 10.0. The number of nitrogens with one attached hydrogen (secondary N) is 1. The van der Waals surface area contributed by atoms with Gasteiger partial charge in [-0.05, 0) is 52.5 Å². The highest BCUT2D eigenvalue weighted by Gasteiger charge is 2.21. The summed E-state index contributed by atoms with van der Waals surface area (Å²) < 4.78 is 15.8. The summed E-state index contributed by atoms with van der Waals surface area (Å²) in [6.45, 7) is 0.662. The van der Waals surface area contributed by atoms with Gasteiger partial charge in [-0.25, -0.2) is 9.07 Å². The first-order valence-electron chi connectivity index (χ1n) is 6.22. The summed E-state index contributed by atoms with van der Waals surface area (Å²) in [5.74, 6) is -0.220. The van der Waals surface area contributed by atoms with Crippen LogP contribution in [0, 0.1) is 5.82 Å². The quantitative estimate of drug-likeness (QED) is 0.940. The number of halogens is 2. The lowest BCUT2D eigenvalue weighted by molar-refractivity contribution is 0.619. The molecule has 0 spiro atoms. The summed E-state index contributed by atoms with van der Waals surface area (Å²) in [5.41, 5.74) is 2.75. The molecule has 19 heavy (non-hydrogen) atoms. The SMILES string of the molecule is Cn1nnc(Br)c1-c1ccc(F)cc1CNC1CC1. The lowest BCUT2D eigenvalue weighted by Crippen LogP contribution is -2.16. The molecule has 100 valence electrons. The summed E-state index contributed by atoms with van der Waals surface area (Å²) >= 11 is 3.39. The molecule has 6 heteroatoms. The van der Waals surface area contributed by atoms with Crippen molar-refractivity contribution in [3.05, 3.63) is 34.2 Å². The molecule has 4 nitrogen and oxygen atoms in total. The molecule has 3 rings (SSSR count). The van der Waals surface area contributed by atoms with Gasteiger partial charge < -0.3 is 5.32 Å². The van der Waals surface area contributed by atoms with Gasteiger partial charge >= 0.3 is 0 Å². The molecule has 0 unspecified atom stereocenters. The first-order chi connectivity index (χ1) is 9.15. The number of nitrogens with zero attached hydrogens (tertiary/aromatic N) is 3. The van der Waals surface area contributed by atoms with Crippen molar-refractivity contribution in [3.63, 3.8) is 0 Å². The Morgan fingerprint density at radius 3 is 2.89 bits per heavy atom. The van der Waals surface area contributed by atoms with E-state index in [4.69, 9.17) is 0 Å². The maximum atomic E-state index is 13.5. The number of aromatic nitrogens is 3. The van der Waals surface area contributed by atoms with E-state index in [1.807, 2.05) is 7.05 Å². The molecule has 1 N–H and O–H groups in total. The van der Waals surface area contributed by atoms with Crippen LogP contribution in [0.1, 0.15) is 18.4 Å². The van der Waals surface area contributed by atoms with E-state index in [2.05, 4.69) is 31.6 Å². The van der Waals surface area contributed by atoms with Crippen molar-refractivity contribution in [2.45, 2.75) is 25.4 Å². The Kier molecular flexibility index (Phi) is 3.36. The smallest absolute Gasteiger partial charge is 0.156 e. The van der Waals surface area contributed by atoms with E-state index in [0.29, 0.717) is 17.2 Å². The van der Waals surface area contributed by atoms with E-state index in [9.17, 15) is 4.39 Å². The zero-order valence-corrected chi connectivity index (χ0v) is 12.1. The zero-order valence-electron chi connectivity index (χ0n) is 10.5. The van der Waals surface area contributed by atoms with Gasteiger partial charge in [0, 0.05) is 25.2 Å². The first kappa shape index (κ1) is 12.7. The van der Waals surface area contributed by atoms with Crippen LogP contribution in [0.5, 0.6) is 0 Å². The van der Waals surface area contributed by atoms with Crippen molar-refractivity contribution in [1.29, 1.82) is 0 Å². The van der Waals surface area contributed by atoms with Gasteiger partial charge in [-0.1, -0.05) is 5.21 Å². The van der Waals surface area contributed by atoms with Crippen molar-refractivity contribution < 1.29 is 4.39 Å². The van der Waals surface area contributed by atoms with Gasteiger partial charge in [0.25, 0.3) is 0 Å². The molecular formula is C13H14BrFN4. The molecule has 0 bridgehead atoms. The average molecular weight is 325 g/mol. The van der Waals surface area contributed by atoms with E-state index in [0.717, 1.165) is 16.8 Å². The van der Waals surface area contributed by atoms with E-state index >= 15 is 0 Å². The Morgan fingerprint density at radius 2 is 2.26 bits per heavy atom. The van der Waals surface area contributed by atoms with Crippen LogP contribution >= 0.6 is 15.9 Å². The van der Waals surface area contributed by atoms with Crippen LogP contribution in [0.25, 0.3) is 11.3 Å². The van der Waals surface area contributed by atoms with Crippen LogP contribution < -0.4 is 5.32 Å². The van der Waals surface area contributed by atoms with Crippen molar-refractivity contribution >= 4 is 15.9 Å². The summed E-state index contributed by atoms with van der Waals surface area (Å²) in [5, 5.41) is 11.4. The monoisotopic (exact) mass is 324 g/mol. The summed E-state index contributed by atoms with van der Waals surface area (Å²) in [7, 11) is 1.83. The Bertz CT molecular complexity index is 587. The second-order valence-corrected chi connectivity index (χ2v) is 5.56. The fourth-order valence-corrected chi connectivity index (χ4v) is 2.64. The molecule has 0 amide bonds. The molecule has 0 saturated heterocycles. The van der Waals surface area contributed by atoms with Gasteiger partial charge in [0.2, 0.25) is 0 Å². The topological polar surface area (TPSA) is 42.7 Å². The number of aryl methyl sites for hydroxylation is 1. The van der Waals surface area contributed by atoms with Gasteiger partial charge in [0.1, 0.15) is 11.5 Å². The number of hydrogen-bond donors (Lipinski definition) is 1. The van der Waals surface area contributed by atoms with Crippen molar-refractivity contribution in [1.82, 2.24) is 20.3 Å². The third-order valence-corrected chi connectivity index (χ3v) is 3.80. The Labute approximate surface area is 119 Å². The highest BCUT2D eigenvalue weighted by Crippen LogP contribution is 2.30. The van der Waals surface area contributed by atoms with Crippen LogP contribution in [0.3, 0.4) is 0 Å². The minimum Gasteiger partial charge on any atom is -0.310 e.